The van der Waals surface area contributed by atoms with Gasteiger partial charge in [0.15, 0.2) is 5.82 Å². The molecule has 0 saturated heterocycles. The van der Waals surface area contributed by atoms with E-state index < -0.39 is 5.82 Å². The number of ether oxygens (including phenoxy) is 2. The maximum Gasteiger partial charge on any atom is 0.250 e. The molecule has 172 valence electrons. The van der Waals surface area contributed by atoms with Crippen molar-refractivity contribution in [1.82, 2.24) is 9.88 Å². The molecule has 1 atom stereocenters. The summed E-state index contributed by atoms with van der Waals surface area (Å²) in [5.41, 5.74) is 5.27. The summed E-state index contributed by atoms with van der Waals surface area (Å²) in [6.45, 7) is 2.24. The van der Waals surface area contributed by atoms with Gasteiger partial charge in [0.2, 0.25) is 5.88 Å². The van der Waals surface area contributed by atoms with Crippen LogP contribution in [0, 0.1) is 5.82 Å². The van der Waals surface area contributed by atoms with E-state index >= 15 is 0 Å². The molecule has 0 fully saturated rings. The van der Waals surface area contributed by atoms with Crippen molar-refractivity contribution in [3.05, 3.63) is 114 Å². The monoisotopic (exact) mass is 454 g/mol. The number of aromatic nitrogens is 1. The second-order valence-electron chi connectivity index (χ2n) is 8.54. The molecule has 0 amide bonds. The van der Waals surface area contributed by atoms with Crippen LogP contribution in [0.15, 0.2) is 91.1 Å². The molecule has 4 aromatic rings. The van der Waals surface area contributed by atoms with Gasteiger partial charge in [-0.25, -0.2) is 9.37 Å². The molecular formula is C29H27FN2O2. The van der Waals surface area contributed by atoms with Crippen LogP contribution < -0.4 is 9.47 Å². The van der Waals surface area contributed by atoms with Gasteiger partial charge in [0, 0.05) is 36.5 Å². The van der Waals surface area contributed by atoms with Crippen LogP contribution in [-0.2, 0) is 19.5 Å². The van der Waals surface area contributed by atoms with Crippen molar-refractivity contribution >= 4 is 0 Å². The van der Waals surface area contributed by atoms with Gasteiger partial charge in [0.25, 0.3) is 0 Å². The summed E-state index contributed by atoms with van der Waals surface area (Å²) in [4.78, 5) is 6.61. The van der Waals surface area contributed by atoms with Gasteiger partial charge in [-0.05, 0) is 35.2 Å². The maximum absolute atomic E-state index is 14.4. The van der Waals surface area contributed by atoms with E-state index in [1.165, 1.54) is 24.3 Å². The van der Waals surface area contributed by atoms with E-state index in [2.05, 4.69) is 58.4 Å². The number of pyridine rings is 1. The molecule has 1 aliphatic heterocycles. The Bertz CT molecular complexity index is 1210. The Hall–Kier alpha value is -3.70. The van der Waals surface area contributed by atoms with E-state index in [1.54, 1.807) is 6.20 Å². The minimum Gasteiger partial charge on any atom is -0.492 e. The van der Waals surface area contributed by atoms with Crippen LogP contribution in [-0.4, -0.2) is 29.6 Å². The number of halogens is 1. The van der Waals surface area contributed by atoms with E-state index in [0.29, 0.717) is 6.61 Å². The fourth-order valence-corrected chi connectivity index (χ4v) is 4.57. The predicted octanol–water partition coefficient (Wildman–Crippen LogP) is 5.90. The molecular weight excluding hydrogens is 427 g/mol. The van der Waals surface area contributed by atoms with Crippen molar-refractivity contribution in [3.8, 4) is 22.8 Å². The molecule has 0 radical (unpaired) electrons. The molecule has 0 bridgehead atoms. The van der Waals surface area contributed by atoms with Crippen molar-refractivity contribution < 1.29 is 13.9 Å². The number of benzene rings is 3. The average molecular weight is 455 g/mol. The summed E-state index contributed by atoms with van der Waals surface area (Å²) in [5, 5.41) is 0. The van der Waals surface area contributed by atoms with E-state index in [0.717, 1.165) is 42.0 Å². The number of hydrogen-bond donors (Lipinski definition) is 0. The highest BCUT2D eigenvalue weighted by atomic mass is 19.1. The Morgan fingerprint density at radius 2 is 1.62 bits per heavy atom. The molecule has 1 unspecified atom stereocenters. The van der Waals surface area contributed by atoms with E-state index in [-0.39, 0.29) is 11.9 Å². The van der Waals surface area contributed by atoms with Gasteiger partial charge in [-0.2, -0.15) is 0 Å². The first kappa shape index (κ1) is 22.1. The van der Waals surface area contributed by atoms with Crippen molar-refractivity contribution in [2.75, 3.05) is 13.7 Å². The number of hydrogen-bond acceptors (Lipinski definition) is 4. The van der Waals surface area contributed by atoms with Gasteiger partial charge in [0.1, 0.15) is 12.4 Å². The summed E-state index contributed by atoms with van der Waals surface area (Å²) in [6, 6.07) is 28.6. The summed E-state index contributed by atoms with van der Waals surface area (Å²) < 4.78 is 25.7. The van der Waals surface area contributed by atoms with Crippen LogP contribution in [0.4, 0.5) is 4.39 Å². The lowest BCUT2D eigenvalue weighted by atomic mass is 9.92. The lowest BCUT2D eigenvalue weighted by Gasteiger charge is -2.36. The predicted molar refractivity (Wildman–Crippen MR) is 131 cm³/mol. The molecule has 2 heterocycles. The van der Waals surface area contributed by atoms with Gasteiger partial charge >= 0.3 is 0 Å². The highest BCUT2D eigenvalue weighted by Gasteiger charge is 2.28. The highest BCUT2D eigenvalue weighted by molar-refractivity contribution is 5.70. The molecule has 3 aromatic carbocycles. The minimum absolute atomic E-state index is 0.000396. The summed E-state index contributed by atoms with van der Waals surface area (Å²) in [5.74, 6) is 0.379. The van der Waals surface area contributed by atoms with Crippen molar-refractivity contribution in [2.45, 2.75) is 25.6 Å². The number of methoxy groups -OCH3 is 1. The minimum atomic E-state index is -0.472. The van der Waals surface area contributed by atoms with Crippen LogP contribution in [0.5, 0.6) is 11.6 Å². The SMILES string of the molecule is COc1ncc(-c2cccc3c2CC(N(Cc2ccccc2)Cc2ccccc2)CO3)cc1F. The summed E-state index contributed by atoms with van der Waals surface area (Å²) in [7, 11) is 1.42. The summed E-state index contributed by atoms with van der Waals surface area (Å²) >= 11 is 0. The Labute approximate surface area is 199 Å². The zero-order chi connectivity index (χ0) is 23.3. The fourth-order valence-electron chi connectivity index (χ4n) is 4.57. The van der Waals surface area contributed by atoms with Crippen molar-refractivity contribution in [1.29, 1.82) is 0 Å². The molecule has 0 spiro atoms. The Balaban J connectivity index is 1.46. The Kier molecular flexibility index (Phi) is 6.54. The van der Waals surface area contributed by atoms with E-state index in [9.17, 15) is 4.39 Å². The standard InChI is InChI=1S/C29H27FN2O2/c1-33-29-27(30)15-23(17-31-29)25-13-8-14-28-26(25)16-24(20-34-28)32(18-21-9-4-2-5-10-21)19-22-11-6-3-7-12-22/h2-15,17,24H,16,18-20H2,1H3. The molecule has 0 aliphatic carbocycles. The lowest BCUT2D eigenvalue weighted by Crippen LogP contribution is -2.42. The molecule has 5 rings (SSSR count). The van der Waals surface area contributed by atoms with Crippen LogP contribution in [0.1, 0.15) is 16.7 Å². The van der Waals surface area contributed by atoms with Crippen molar-refractivity contribution in [3.63, 3.8) is 0 Å². The fraction of sp³-hybridized carbons (Fsp3) is 0.207. The largest absolute Gasteiger partial charge is 0.492 e. The van der Waals surface area contributed by atoms with Gasteiger partial charge in [-0.3, -0.25) is 4.90 Å². The second-order valence-corrected chi connectivity index (χ2v) is 8.54. The van der Waals surface area contributed by atoms with Gasteiger partial charge in [-0.15, -0.1) is 0 Å². The molecule has 0 N–H and O–H groups in total. The number of nitrogens with zero attached hydrogens (tertiary/aromatic N) is 2. The third-order valence-electron chi connectivity index (χ3n) is 6.29. The third-order valence-corrected chi connectivity index (χ3v) is 6.29. The third kappa shape index (κ3) is 4.80. The van der Waals surface area contributed by atoms with Crippen LogP contribution in [0.2, 0.25) is 0 Å². The second kappa shape index (κ2) is 10.1. The first-order chi connectivity index (χ1) is 16.7. The van der Waals surface area contributed by atoms with Gasteiger partial charge in [-0.1, -0.05) is 72.8 Å². The zero-order valence-electron chi connectivity index (χ0n) is 19.2. The first-order valence-corrected chi connectivity index (χ1v) is 11.5. The first-order valence-electron chi connectivity index (χ1n) is 11.5. The van der Waals surface area contributed by atoms with Crippen LogP contribution >= 0.6 is 0 Å². The van der Waals surface area contributed by atoms with Gasteiger partial charge < -0.3 is 9.47 Å². The highest BCUT2D eigenvalue weighted by Crippen LogP contribution is 2.36. The van der Waals surface area contributed by atoms with Crippen LogP contribution in [0.3, 0.4) is 0 Å². The maximum atomic E-state index is 14.4. The molecule has 1 aliphatic rings. The average Bonchev–Trinajstić information content (AvgIpc) is 2.89. The molecule has 5 heteroatoms. The Morgan fingerprint density at radius 3 is 2.24 bits per heavy atom. The summed E-state index contributed by atoms with van der Waals surface area (Å²) in [6.07, 6.45) is 2.46. The van der Waals surface area contributed by atoms with E-state index in [1.807, 2.05) is 30.3 Å². The number of rotatable bonds is 7. The quantitative estimate of drug-likeness (QED) is 0.348. The smallest absolute Gasteiger partial charge is 0.250 e. The van der Waals surface area contributed by atoms with E-state index in [4.69, 9.17) is 9.47 Å². The lowest BCUT2D eigenvalue weighted by molar-refractivity contribution is 0.106. The molecule has 1 aromatic heterocycles. The molecule has 4 nitrogen and oxygen atoms in total. The normalized spacial score (nSPS) is 15.0. The number of fused-ring (bicyclic) bond motifs is 1. The Morgan fingerprint density at radius 1 is 0.941 bits per heavy atom. The topological polar surface area (TPSA) is 34.6 Å². The molecule has 0 saturated carbocycles. The van der Waals surface area contributed by atoms with Crippen molar-refractivity contribution in [2.24, 2.45) is 0 Å². The molecule has 34 heavy (non-hydrogen) atoms. The zero-order valence-corrected chi connectivity index (χ0v) is 19.2. The van der Waals surface area contributed by atoms with Crippen LogP contribution in [0.25, 0.3) is 11.1 Å². The van der Waals surface area contributed by atoms with Gasteiger partial charge in [0.05, 0.1) is 7.11 Å².